The fraction of sp³-hybridized carbons (Fsp3) is 0.389. The van der Waals surface area contributed by atoms with Gasteiger partial charge in [0.2, 0.25) is 0 Å². The summed E-state index contributed by atoms with van der Waals surface area (Å²) in [5.74, 6) is -1.15. The van der Waals surface area contributed by atoms with Gasteiger partial charge in [-0.05, 0) is 30.0 Å². The maximum absolute atomic E-state index is 13.9. The van der Waals surface area contributed by atoms with E-state index < -0.39 is 23.3 Å². The summed E-state index contributed by atoms with van der Waals surface area (Å²) in [6.07, 6.45) is 0.572. The van der Waals surface area contributed by atoms with Gasteiger partial charge in [-0.1, -0.05) is 32.9 Å². The first kappa shape index (κ1) is 18.8. The van der Waals surface area contributed by atoms with Gasteiger partial charge in [0.1, 0.15) is 17.2 Å². The molecule has 1 unspecified atom stereocenters. The van der Waals surface area contributed by atoms with Crippen molar-refractivity contribution in [2.75, 3.05) is 6.61 Å². The molecule has 0 radical (unpaired) electrons. The molecular formula is C18H22FN3O3. The number of nitrogens with one attached hydrogen (secondary N) is 1. The van der Waals surface area contributed by atoms with Crippen LogP contribution in [0.2, 0.25) is 0 Å². The van der Waals surface area contributed by atoms with E-state index >= 15 is 0 Å². The zero-order valence-electron chi connectivity index (χ0n) is 14.5. The van der Waals surface area contributed by atoms with Crippen molar-refractivity contribution in [1.29, 1.82) is 0 Å². The Morgan fingerprint density at radius 1 is 1.28 bits per heavy atom. The second-order valence-corrected chi connectivity index (χ2v) is 7.04. The molecule has 0 aliphatic heterocycles. The molecule has 1 aromatic heterocycles. The highest BCUT2D eigenvalue weighted by molar-refractivity contribution is 5.92. The van der Waals surface area contributed by atoms with Crippen molar-refractivity contribution in [2.45, 2.75) is 33.2 Å². The summed E-state index contributed by atoms with van der Waals surface area (Å²) in [4.78, 5) is 24.4. The lowest BCUT2D eigenvalue weighted by Crippen LogP contribution is -2.41. The largest absolute Gasteiger partial charge is 0.394 e. The molecule has 0 spiro atoms. The van der Waals surface area contributed by atoms with Crippen LogP contribution in [-0.2, 0) is 0 Å². The number of amides is 1. The number of para-hydroxylation sites is 1. The summed E-state index contributed by atoms with van der Waals surface area (Å²) >= 11 is 0. The molecule has 0 fully saturated rings. The maximum atomic E-state index is 13.9. The average molecular weight is 347 g/mol. The molecule has 1 aromatic carbocycles. The number of halogens is 1. The average Bonchev–Trinajstić information content (AvgIpc) is 2.54. The first-order chi connectivity index (χ1) is 11.7. The smallest absolute Gasteiger partial charge is 0.272 e. The van der Waals surface area contributed by atoms with Crippen LogP contribution in [0.4, 0.5) is 4.39 Å². The Hall–Kier alpha value is -2.54. The van der Waals surface area contributed by atoms with Crippen molar-refractivity contribution in [2.24, 2.45) is 5.41 Å². The number of rotatable bonds is 5. The van der Waals surface area contributed by atoms with E-state index in [1.807, 2.05) is 20.8 Å². The molecule has 0 saturated carbocycles. The third-order valence-corrected chi connectivity index (χ3v) is 3.53. The quantitative estimate of drug-likeness (QED) is 0.865. The van der Waals surface area contributed by atoms with Gasteiger partial charge in [0.05, 0.1) is 12.6 Å². The van der Waals surface area contributed by atoms with E-state index in [2.05, 4.69) is 10.4 Å². The Morgan fingerprint density at radius 2 is 1.96 bits per heavy atom. The number of benzene rings is 1. The van der Waals surface area contributed by atoms with Crippen molar-refractivity contribution in [3.63, 3.8) is 0 Å². The Kier molecular flexibility index (Phi) is 5.69. The number of aliphatic hydroxyl groups is 1. The first-order valence-corrected chi connectivity index (χ1v) is 7.98. The Labute approximate surface area is 145 Å². The number of hydrogen-bond acceptors (Lipinski definition) is 4. The van der Waals surface area contributed by atoms with Crippen molar-refractivity contribution >= 4 is 5.91 Å². The molecule has 0 aliphatic rings. The molecule has 25 heavy (non-hydrogen) atoms. The molecule has 7 heteroatoms. The molecule has 0 aliphatic carbocycles. The van der Waals surface area contributed by atoms with Crippen LogP contribution in [0, 0.1) is 11.2 Å². The van der Waals surface area contributed by atoms with E-state index in [0.717, 1.165) is 10.7 Å². The lowest BCUT2D eigenvalue weighted by Gasteiger charge is -2.25. The normalized spacial score (nSPS) is 12.7. The lowest BCUT2D eigenvalue weighted by atomic mass is 9.88. The number of aliphatic hydroxyl groups excluding tert-OH is 1. The Balaban J connectivity index is 2.28. The van der Waals surface area contributed by atoms with Gasteiger partial charge in [-0.2, -0.15) is 9.78 Å². The van der Waals surface area contributed by atoms with E-state index in [9.17, 15) is 19.1 Å². The van der Waals surface area contributed by atoms with Crippen LogP contribution in [0.5, 0.6) is 0 Å². The lowest BCUT2D eigenvalue weighted by molar-refractivity contribution is 0.0890. The SMILES string of the molecule is CC(C)(C)CC(CO)NC(=O)c1ccc(=O)n(-c2ccccc2F)n1. The Morgan fingerprint density at radius 3 is 2.56 bits per heavy atom. The predicted molar refractivity (Wildman–Crippen MR) is 92.2 cm³/mol. The molecular weight excluding hydrogens is 325 g/mol. The van der Waals surface area contributed by atoms with Gasteiger partial charge < -0.3 is 10.4 Å². The topological polar surface area (TPSA) is 84.2 Å². The molecule has 1 atom stereocenters. The Bertz CT molecular complexity index is 812. The zero-order chi connectivity index (χ0) is 18.6. The summed E-state index contributed by atoms with van der Waals surface area (Å²) in [5, 5.41) is 16.1. The van der Waals surface area contributed by atoms with E-state index in [1.54, 1.807) is 6.07 Å². The number of nitrogens with zero attached hydrogens (tertiary/aromatic N) is 2. The van der Waals surface area contributed by atoms with Crippen LogP contribution < -0.4 is 10.9 Å². The fourth-order valence-corrected chi connectivity index (χ4v) is 2.49. The molecule has 0 saturated heterocycles. The molecule has 6 nitrogen and oxygen atoms in total. The van der Waals surface area contributed by atoms with Gasteiger partial charge in [0.25, 0.3) is 11.5 Å². The van der Waals surface area contributed by atoms with Crippen molar-refractivity contribution in [3.05, 3.63) is 58.3 Å². The molecule has 1 heterocycles. The van der Waals surface area contributed by atoms with Crippen LogP contribution >= 0.6 is 0 Å². The maximum Gasteiger partial charge on any atom is 0.272 e. The van der Waals surface area contributed by atoms with Crippen molar-refractivity contribution in [1.82, 2.24) is 15.1 Å². The van der Waals surface area contributed by atoms with E-state index in [1.165, 1.54) is 24.3 Å². The van der Waals surface area contributed by atoms with Gasteiger partial charge in [-0.15, -0.1) is 0 Å². The number of aromatic nitrogens is 2. The van der Waals surface area contributed by atoms with E-state index in [-0.39, 0.29) is 23.4 Å². The molecule has 0 bridgehead atoms. The predicted octanol–water partition coefficient (Wildman–Crippen LogP) is 1.90. The second kappa shape index (κ2) is 7.57. The van der Waals surface area contributed by atoms with Crippen molar-refractivity contribution in [3.8, 4) is 5.69 Å². The molecule has 2 N–H and O–H groups in total. The molecule has 2 rings (SSSR count). The van der Waals surface area contributed by atoms with Crippen LogP contribution in [0.1, 0.15) is 37.7 Å². The van der Waals surface area contributed by atoms with Gasteiger partial charge in [-0.3, -0.25) is 9.59 Å². The van der Waals surface area contributed by atoms with Gasteiger partial charge in [0.15, 0.2) is 0 Å². The monoisotopic (exact) mass is 347 g/mol. The summed E-state index contributed by atoms with van der Waals surface area (Å²) in [6.45, 7) is 5.78. The van der Waals surface area contributed by atoms with Crippen LogP contribution in [-0.4, -0.2) is 33.4 Å². The minimum absolute atomic E-state index is 0.0319. The summed E-state index contributed by atoms with van der Waals surface area (Å²) in [6, 6.07) is 7.68. The third-order valence-electron chi connectivity index (χ3n) is 3.53. The second-order valence-electron chi connectivity index (χ2n) is 7.04. The fourth-order valence-electron chi connectivity index (χ4n) is 2.49. The first-order valence-electron chi connectivity index (χ1n) is 7.98. The van der Waals surface area contributed by atoms with Gasteiger partial charge in [-0.25, -0.2) is 4.39 Å². The number of carbonyl (C=O) groups excluding carboxylic acids is 1. The molecule has 134 valence electrons. The summed E-state index contributed by atoms with van der Waals surface area (Å²) in [7, 11) is 0. The minimum atomic E-state index is -0.615. The van der Waals surface area contributed by atoms with Gasteiger partial charge >= 0.3 is 0 Å². The van der Waals surface area contributed by atoms with Crippen LogP contribution in [0.3, 0.4) is 0 Å². The number of hydrogen-bond donors (Lipinski definition) is 2. The zero-order valence-corrected chi connectivity index (χ0v) is 14.5. The third kappa shape index (κ3) is 4.96. The highest BCUT2D eigenvalue weighted by Crippen LogP contribution is 2.20. The highest BCUT2D eigenvalue weighted by Gasteiger charge is 2.21. The van der Waals surface area contributed by atoms with E-state index in [0.29, 0.717) is 6.42 Å². The summed E-state index contributed by atoms with van der Waals surface area (Å²) < 4.78 is 14.8. The number of carbonyl (C=O) groups is 1. The molecule has 1 amide bonds. The highest BCUT2D eigenvalue weighted by atomic mass is 19.1. The van der Waals surface area contributed by atoms with Gasteiger partial charge in [0, 0.05) is 6.07 Å². The van der Waals surface area contributed by atoms with Crippen LogP contribution in [0.15, 0.2) is 41.2 Å². The van der Waals surface area contributed by atoms with E-state index in [4.69, 9.17) is 0 Å². The molecule has 2 aromatic rings. The standard InChI is InChI=1S/C18H22FN3O3/c1-18(2,3)10-12(11-23)20-17(25)14-8-9-16(24)22(21-14)15-7-5-4-6-13(15)19/h4-9,12,23H,10-11H2,1-3H3,(H,20,25). The van der Waals surface area contributed by atoms with Crippen molar-refractivity contribution < 1.29 is 14.3 Å². The summed E-state index contributed by atoms with van der Waals surface area (Å²) in [5.41, 5.74) is -0.694. The minimum Gasteiger partial charge on any atom is -0.394 e. The van der Waals surface area contributed by atoms with Crippen LogP contribution in [0.25, 0.3) is 5.69 Å².